The maximum absolute atomic E-state index is 11.9. The molecule has 1 aromatic carbocycles. The summed E-state index contributed by atoms with van der Waals surface area (Å²) in [5.41, 5.74) is 1.86. The Hall–Kier alpha value is -2.80. The third-order valence-electron chi connectivity index (χ3n) is 5.05. The number of fused-ring (bicyclic) bond motifs is 1. The highest BCUT2D eigenvalue weighted by atomic mass is 16.5. The van der Waals surface area contributed by atoms with Gasteiger partial charge in [0.05, 0.1) is 25.9 Å². The van der Waals surface area contributed by atoms with Crippen LogP contribution in [0.4, 0.5) is 0 Å². The lowest BCUT2D eigenvalue weighted by Crippen LogP contribution is -2.48. The van der Waals surface area contributed by atoms with Gasteiger partial charge in [-0.3, -0.25) is 9.48 Å². The predicted molar refractivity (Wildman–Crippen MR) is 101 cm³/mol. The number of carbonyl (C=O) groups excluding carboxylic acids is 1. The van der Waals surface area contributed by atoms with Gasteiger partial charge in [-0.2, -0.15) is 5.10 Å². The van der Waals surface area contributed by atoms with Gasteiger partial charge in [-0.05, 0) is 37.6 Å². The number of aromatic nitrogens is 2. The van der Waals surface area contributed by atoms with Crippen molar-refractivity contribution >= 4 is 16.9 Å². The van der Waals surface area contributed by atoms with E-state index in [1.54, 1.807) is 7.11 Å². The molecule has 7 heteroatoms. The van der Waals surface area contributed by atoms with Crippen LogP contribution in [-0.4, -0.2) is 28.8 Å². The minimum atomic E-state index is -0.0870. The average molecular weight is 368 g/mol. The Bertz CT molecular complexity index is 946. The van der Waals surface area contributed by atoms with E-state index < -0.39 is 0 Å². The van der Waals surface area contributed by atoms with Gasteiger partial charge in [0.25, 0.3) is 0 Å². The minimum absolute atomic E-state index is 0.0816. The topological polar surface area (TPSA) is 81.3 Å². The summed E-state index contributed by atoms with van der Waals surface area (Å²) in [5, 5.41) is 12.0. The van der Waals surface area contributed by atoms with E-state index in [2.05, 4.69) is 15.7 Å². The van der Waals surface area contributed by atoms with Crippen molar-refractivity contribution in [3.63, 3.8) is 0 Å². The molecule has 0 unspecified atom stereocenters. The van der Waals surface area contributed by atoms with Crippen LogP contribution in [0.5, 0.6) is 5.75 Å². The summed E-state index contributed by atoms with van der Waals surface area (Å²) in [6.07, 6.45) is 5.13. The van der Waals surface area contributed by atoms with Crippen LogP contribution in [0.25, 0.3) is 11.0 Å². The number of piperidine rings is 1. The quantitative estimate of drug-likeness (QED) is 0.699. The number of hydrogen-bond acceptors (Lipinski definition) is 5. The maximum Gasteiger partial charge on any atom is 0.220 e. The van der Waals surface area contributed by atoms with E-state index in [-0.39, 0.29) is 18.0 Å². The highest BCUT2D eigenvalue weighted by Gasteiger charge is 2.30. The zero-order chi connectivity index (χ0) is 18.8. The zero-order valence-corrected chi connectivity index (χ0v) is 15.6. The maximum atomic E-state index is 11.9. The molecule has 1 fully saturated rings. The third-order valence-corrected chi connectivity index (χ3v) is 5.05. The van der Waals surface area contributed by atoms with Crippen LogP contribution in [-0.2, 0) is 17.9 Å². The second-order valence-electron chi connectivity index (χ2n) is 6.82. The first-order valence-electron chi connectivity index (χ1n) is 9.28. The van der Waals surface area contributed by atoms with Gasteiger partial charge >= 0.3 is 0 Å². The number of amides is 1. The first kappa shape index (κ1) is 17.6. The summed E-state index contributed by atoms with van der Waals surface area (Å²) in [4.78, 5) is 11.9. The number of carbonyl (C=O) groups is 1. The molecule has 2 aromatic heterocycles. The van der Waals surface area contributed by atoms with Crippen LogP contribution in [0.15, 0.2) is 41.1 Å². The van der Waals surface area contributed by atoms with Crippen LogP contribution in [0, 0.1) is 0 Å². The van der Waals surface area contributed by atoms with Crippen LogP contribution in [0.1, 0.15) is 37.1 Å². The Kier molecular flexibility index (Phi) is 4.85. The molecule has 3 heterocycles. The largest absolute Gasteiger partial charge is 0.497 e. The predicted octanol–water partition coefficient (Wildman–Crippen LogP) is 2.77. The normalized spacial score (nSPS) is 20.0. The van der Waals surface area contributed by atoms with Crippen LogP contribution in [0.3, 0.4) is 0 Å². The molecule has 3 aromatic rings. The van der Waals surface area contributed by atoms with Crippen molar-refractivity contribution in [2.45, 2.75) is 44.9 Å². The van der Waals surface area contributed by atoms with E-state index in [0.29, 0.717) is 13.0 Å². The number of hydrogen-bond donors (Lipinski definition) is 2. The van der Waals surface area contributed by atoms with E-state index in [1.165, 1.54) is 0 Å². The molecule has 0 spiro atoms. The number of ether oxygens (including phenoxy) is 1. The molecule has 142 valence electrons. The SMILES string of the molecule is CCn1cc([C@@H]2NC(=O)CC[C@H]2NCc2cc3cc(OC)ccc3o2)cn1. The second kappa shape index (κ2) is 7.44. The standard InChI is InChI=1S/C20H24N4O3/c1-3-24-12-14(10-22-24)20-17(5-7-19(25)23-20)21-11-16-9-13-8-15(26-2)4-6-18(13)27-16/h4,6,8-10,12,17,20-21H,3,5,7,11H2,1-2H3,(H,23,25)/t17-,20+/m1/s1. The monoisotopic (exact) mass is 368 g/mol. The van der Waals surface area contributed by atoms with Crippen molar-refractivity contribution in [1.29, 1.82) is 0 Å². The first-order valence-corrected chi connectivity index (χ1v) is 9.28. The van der Waals surface area contributed by atoms with Crippen molar-refractivity contribution in [2.24, 2.45) is 0 Å². The fourth-order valence-electron chi connectivity index (χ4n) is 3.57. The van der Waals surface area contributed by atoms with Crippen molar-refractivity contribution in [3.05, 3.63) is 48.0 Å². The molecule has 4 rings (SSSR count). The Morgan fingerprint density at radius 2 is 2.30 bits per heavy atom. The number of aryl methyl sites for hydroxylation is 1. The van der Waals surface area contributed by atoms with Gasteiger partial charge in [-0.25, -0.2) is 0 Å². The molecule has 1 aliphatic heterocycles. The van der Waals surface area contributed by atoms with Crippen LogP contribution < -0.4 is 15.4 Å². The molecule has 1 aliphatic rings. The Balaban J connectivity index is 1.49. The van der Waals surface area contributed by atoms with E-state index in [4.69, 9.17) is 9.15 Å². The van der Waals surface area contributed by atoms with Gasteiger partial charge in [-0.1, -0.05) is 0 Å². The summed E-state index contributed by atoms with van der Waals surface area (Å²) >= 11 is 0. The van der Waals surface area contributed by atoms with Gasteiger partial charge in [0, 0.05) is 36.2 Å². The fraction of sp³-hybridized carbons (Fsp3) is 0.400. The van der Waals surface area contributed by atoms with Crippen LogP contribution in [0.2, 0.25) is 0 Å². The lowest BCUT2D eigenvalue weighted by molar-refractivity contribution is -0.123. The molecule has 1 amide bonds. The Morgan fingerprint density at radius 3 is 3.07 bits per heavy atom. The second-order valence-corrected chi connectivity index (χ2v) is 6.82. The molecule has 27 heavy (non-hydrogen) atoms. The van der Waals surface area contributed by atoms with Crippen molar-refractivity contribution in [2.75, 3.05) is 7.11 Å². The summed E-state index contributed by atoms with van der Waals surface area (Å²) in [6.45, 7) is 3.44. The van der Waals surface area contributed by atoms with Crippen LogP contribution >= 0.6 is 0 Å². The highest BCUT2D eigenvalue weighted by Crippen LogP contribution is 2.26. The van der Waals surface area contributed by atoms with Crippen molar-refractivity contribution in [3.8, 4) is 5.75 Å². The van der Waals surface area contributed by atoms with E-state index in [9.17, 15) is 4.79 Å². The third kappa shape index (κ3) is 3.68. The molecular weight excluding hydrogens is 344 g/mol. The Morgan fingerprint density at radius 1 is 1.41 bits per heavy atom. The molecule has 2 N–H and O–H groups in total. The molecule has 0 saturated carbocycles. The average Bonchev–Trinajstić information content (AvgIpc) is 3.32. The summed E-state index contributed by atoms with van der Waals surface area (Å²) in [7, 11) is 1.65. The highest BCUT2D eigenvalue weighted by molar-refractivity contribution is 5.79. The number of nitrogens with zero attached hydrogens (tertiary/aromatic N) is 2. The summed E-state index contributed by atoms with van der Waals surface area (Å²) < 4.78 is 13.1. The molecule has 0 radical (unpaired) electrons. The molecule has 0 aliphatic carbocycles. The molecule has 2 atom stereocenters. The number of benzene rings is 1. The van der Waals surface area contributed by atoms with Gasteiger partial charge < -0.3 is 19.8 Å². The summed E-state index contributed by atoms with van der Waals surface area (Å²) in [5.74, 6) is 1.75. The number of nitrogens with one attached hydrogen (secondary N) is 2. The molecule has 7 nitrogen and oxygen atoms in total. The fourth-order valence-corrected chi connectivity index (χ4v) is 3.57. The first-order chi connectivity index (χ1) is 13.2. The Labute approximate surface area is 157 Å². The van der Waals surface area contributed by atoms with Gasteiger partial charge in [-0.15, -0.1) is 0 Å². The van der Waals surface area contributed by atoms with Crippen molar-refractivity contribution in [1.82, 2.24) is 20.4 Å². The zero-order valence-electron chi connectivity index (χ0n) is 15.6. The van der Waals surface area contributed by atoms with E-state index >= 15 is 0 Å². The number of furan rings is 1. The minimum Gasteiger partial charge on any atom is -0.497 e. The van der Waals surface area contributed by atoms with Gasteiger partial charge in [0.2, 0.25) is 5.91 Å². The van der Waals surface area contributed by atoms with Crippen molar-refractivity contribution < 1.29 is 13.9 Å². The number of rotatable bonds is 6. The molecule has 1 saturated heterocycles. The van der Waals surface area contributed by atoms with E-state index in [0.717, 1.165) is 41.0 Å². The summed E-state index contributed by atoms with van der Waals surface area (Å²) in [6, 6.07) is 7.83. The lowest BCUT2D eigenvalue weighted by Gasteiger charge is -2.32. The van der Waals surface area contributed by atoms with Gasteiger partial charge in [0.15, 0.2) is 0 Å². The number of methoxy groups -OCH3 is 1. The molecule has 0 bridgehead atoms. The smallest absolute Gasteiger partial charge is 0.220 e. The van der Waals surface area contributed by atoms with Gasteiger partial charge in [0.1, 0.15) is 17.1 Å². The molecular formula is C20H24N4O3. The van der Waals surface area contributed by atoms with E-state index in [1.807, 2.05) is 48.3 Å². The lowest BCUT2D eigenvalue weighted by atomic mass is 9.93.